The van der Waals surface area contributed by atoms with Crippen molar-refractivity contribution in [1.82, 2.24) is 9.62 Å². The normalized spacial score (nSPS) is 20.8. The molecule has 2 aliphatic rings. The first-order valence-corrected chi connectivity index (χ1v) is 11.1. The Morgan fingerprint density at radius 1 is 1.04 bits per heavy atom. The Morgan fingerprint density at radius 3 is 2.27 bits per heavy atom. The Labute approximate surface area is 155 Å². The Hall–Kier alpha value is -1.47. The summed E-state index contributed by atoms with van der Waals surface area (Å²) in [5.74, 6) is -0.538. The number of piperidine rings is 1. The van der Waals surface area contributed by atoms with Gasteiger partial charge in [0.2, 0.25) is 15.9 Å². The van der Waals surface area contributed by atoms with Crippen molar-refractivity contribution in [2.45, 2.75) is 56.7 Å². The third-order valence-electron chi connectivity index (χ3n) is 5.43. The molecule has 1 saturated heterocycles. The molecule has 0 unspecified atom stereocenters. The predicted octanol–water partition coefficient (Wildman–Crippen LogP) is 2.82. The highest BCUT2D eigenvalue weighted by molar-refractivity contribution is 7.88. The fraction of sp³-hybridized carbons (Fsp3) is 0.632. The van der Waals surface area contributed by atoms with E-state index >= 15 is 0 Å². The highest BCUT2D eigenvalue weighted by Crippen LogP contribution is 2.23. The van der Waals surface area contributed by atoms with Gasteiger partial charge in [-0.1, -0.05) is 31.4 Å². The van der Waals surface area contributed by atoms with Crippen LogP contribution in [0.4, 0.5) is 4.39 Å². The molecule has 1 N–H and O–H groups in total. The Kier molecular flexibility index (Phi) is 6.29. The molecule has 0 spiro atoms. The van der Waals surface area contributed by atoms with Crippen molar-refractivity contribution in [3.8, 4) is 0 Å². The van der Waals surface area contributed by atoms with E-state index < -0.39 is 10.0 Å². The standard InChI is InChI=1S/C19H27FN2O3S/c20-17-8-6-15(7-9-17)14-26(24,25)22-12-10-16(11-13-22)19(23)21-18-4-2-1-3-5-18/h6-9,16,18H,1-5,10-14H2,(H,21,23). The van der Waals surface area contributed by atoms with Crippen molar-refractivity contribution in [3.63, 3.8) is 0 Å². The second-order valence-electron chi connectivity index (χ2n) is 7.40. The van der Waals surface area contributed by atoms with E-state index in [1.807, 2.05) is 0 Å². The first-order valence-electron chi connectivity index (χ1n) is 9.47. The average molecular weight is 383 g/mol. The molecule has 1 aliphatic heterocycles. The minimum absolute atomic E-state index is 0.0764. The van der Waals surface area contributed by atoms with E-state index in [2.05, 4.69) is 5.32 Å². The topological polar surface area (TPSA) is 66.5 Å². The maximum Gasteiger partial charge on any atom is 0.223 e. The van der Waals surface area contributed by atoms with Crippen LogP contribution in [-0.4, -0.2) is 37.8 Å². The van der Waals surface area contributed by atoms with Crippen molar-refractivity contribution in [3.05, 3.63) is 35.6 Å². The molecule has 144 valence electrons. The lowest BCUT2D eigenvalue weighted by Crippen LogP contribution is -2.45. The first-order chi connectivity index (χ1) is 12.4. The van der Waals surface area contributed by atoms with Crippen LogP contribution < -0.4 is 5.32 Å². The molecule has 5 nitrogen and oxygen atoms in total. The molecule has 0 bridgehead atoms. The lowest BCUT2D eigenvalue weighted by molar-refractivity contribution is -0.127. The summed E-state index contributed by atoms with van der Waals surface area (Å²) in [5.41, 5.74) is 0.573. The van der Waals surface area contributed by atoms with Crippen LogP contribution in [0.5, 0.6) is 0 Å². The van der Waals surface area contributed by atoms with Crippen molar-refractivity contribution >= 4 is 15.9 Å². The van der Waals surface area contributed by atoms with Crippen LogP contribution in [0.25, 0.3) is 0 Å². The molecular weight excluding hydrogens is 355 g/mol. The molecule has 0 radical (unpaired) electrons. The molecule has 1 heterocycles. The van der Waals surface area contributed by atoms with Crippen LogP contribution in [-0.2, 0) is 20.6 Å². The number of hydrogen-bond acceptors (Lipinski definition) is 3. The lowest BCUT2D eigenvalue weighted by Gasteiger charge is -2.32. The van der Waals surface area contributed by atoms with Crippen LogP contribution in [0.15, 0.2) is 24.3 Å². The van der Waals surface area contributed by atoms with Crippen LogP contribution >= 0.6 is 0 Å². The third kappa shape index (κ3) is 5.04. The van der Waals surface area contributed by atoms with Crippen LogP contribution in [0.2, 0.25) is 0 Å². The van der Waals surface area contributed by atoms with Gasteiger partial charge in [-0.3, -0.25) is 4.79 Å². The van der Waals surface area contributed by atoms with Crippen molar-refractivity contribution in [2.75, 3.05) is 13.1 Å². The first kappa shape index (κ1) is 19.3. The highest BCUT2D eigenvalue weighted by atomic mass is 32.2. The number of rotatable bonds is 5. The van der Waals surface area contributed by atoms with E-state index in [0.29, 0.717) is 31.5 Å². The summed E-state index contributed by atoms with van der Waals surface area (Å²) in [6.45, 7) is 0.735. The largest absolute Gasteiger partial charge is 0.353 e. The minimum atomic E-state index is -3.45. The van der Waals surface area contributed by atoms with Crippen molar-refractivity contribution < 1.29 is 17.6 Å². The molecule has 0 aromatic heterocycles. The Bertz CT molecular complexity index is 707. The predicted molar refractivity (Wildman–Crippen MR) is 98.3 cm³/mol. The van der Waals surface area contributed by atoms with Gasteiger partial charge in [0.05, 0.1) is 5.75 Å². The molecule has 3 rings (SSSR count). The number of nitrogens with zero attached hydrogens (tertiary/aromatic N) is 1. The molecule has 1 amide bonds. The number of hydrogen-bond donors (Lipinski definition) is 1. The number of carbonyl (C=O) groups is 1. The summed E-state index contributed by atoms with van der Waals surface area (Å²) in [6, 6.07) is 5.82. The molecule has 7 heteroatoms. The smallest absolute Gasteiger partial charge is 0.223 e. The molecule has 1 aliphatic carbocycles. The van der Waals surface area contributed by atoms with Crippen LogP contribution in [0.3, 0.4) is 0 Å². The molecule has 0 atom stereocenters. The van der Waals surface area contributed by atoms with Gasteiger partial charge in [-0.05, 0) is 43.4 Å². The van der Waals surface area contributed by atoms with Crippen molar-refractivity contribution in [2.24, 2.45) is 5.92 Å². The highest BCUT2D eigenvalue weighted by Gasteiger charge is 2.32. The van der Waals surface area contributed by atoms with Gasteiger partial charge in [-0.15, -0.1) is 0 Å². The average Bonchev–Trinajstić information content (AvgIpc) is 2.64. The third-order valence-corrected chi connectivity index (χ3v) is 7.28. The van der Waals surface area contributed by atoms with Gasteiger partial charge in [0.25, 0.3) is 0 Å². The number of sulfonamides is 1. The molecular formula is C19H27FN2O3S. The quantitative estimate of drug-likeness (QED) is 0.852. The lowest BCUT2D eigenvalue weighted by atomic mass is 9.93. The van der Waals surface area contributed by atoms with Gasteiger partial charge in [-0.2, -0.15) is 0 Å². The molecule has 1 saturated carbocycles. The van der Waals surface area contributed by atoms with Gasteiger partial charge in [-0.25, -0.2) is 17.1 Å². The summed E-state index contributed by atoms with van der Waals surface area (Å²) in [6.07, 6.45) is 6.81. The number of amides is 1. The van der Waals surface area contributed by atoms with Gasteiger partial charge in [0, 0.05) is 25.0 Å². The molecule has 1 aromatic carbocycles. The van der Waals surface area contributed by atoms with Crippen LogP contribution in [0.1, 0.15) is 50.5 Å². The number of nitrogens with one attached hydrogen (secondary N) is 1. The zero-order chi connectivity index (χ0) is 18.6. The van der Waals surface area contributed by atoms with Crippen LogP contribution in [0, 0.1) is 11.7 Å². The van der Waals surface area contributed by atoms with Gasteiger partial charge >= 0.3 is 0 Å². The Balaban J connectivity index is 1.50. The molecule has 1 aromatic rings. The van der Waals surface area contributed by atoms with Gasteiger partial charge in [0.1, 0.15) is 5.82 Å². The maximum atomic E-state index is 13.0. The maximum absolute atomic E-state index is 13.0. The minimum Gasteiger partial charge on any atom is -0.353 e. The number of carbonyl (C=O) groups excluding carboxylic acids is 1. The molecule has 2 fully saturated rings. The summed E-state index contributed by atoms with van der Waals surface area (Å²) in [4.78, 5) is 12.4. The van der Waals surface area contributed by atoms with E-state index in [9.17, 15) is 17.6 Å². The number of halogens is 1. The fourth-order valence-corrected chi connectivity index (χ4v) is 5.41. The van der Waals surface area contributed by atoms with Gasteiger partial charge < -0.3 is 5.32 Å². The molecule has 26 heavy (non-hydrogen) atoms. The van der Waals surface area contributed by atoms with E-state index in [4.69, 9.17) is 0 Å². The monoisotopic (exact) mass is 382 g/mol. The van der Waals surface area contributed by atoms with Crippen molar-refractivity contribution in [1.29, 1.82) is 0 Å². The summed E-state index contributed by atoms with van der Waals surface area (Å²) < 4.78 is 39.6. The van der Waals surface area contributed by atoms with Gasteiger partial charge in [0.15, 0.2) is 0 Å². The zero-order valence-electron chi connectivity index (χ0n) is 15.0. The number of benzene rings is 1. The Morgan fingerprint density at radius 2 is 1.65 bits per heavy atom. The zero-order valence-corrected chi connectivity index (χ0v) is 15.8. The second-order valence-corrected chi connectivity index (χ2v) is 9.37. The summed E-state index contributed by atoms with van der Waals surface area (Å²) in [5, 5.41) is 3.14. The van der Waals surface area contributed by atoms with E-state index in [1.165, 1.54) is 47.8 Å². The summed E-state index contributed by atoms with van der Waals surface area (Å²) in [7, 11) is -3.45. The SMILES string of the molecule is O=C(NC1CCCCC1)C1CCN(S(=O)(=O)Cc2ccc(F)cc2)CC1. The second kappa shape index (κ2) is 8.48. The van der Waals surface area contributed by atoms with E-state index in [0.717, 1.165) is 12.8 Å². The van der Waals surface area contributed by atoms with E-state index in [1.54, 1.807) is 0 Å². The fourth-order valence-electron chi connectivity index (χ4n) is 3.84. The van der Waals surface area contributed by atoms with E-state index in [-0.39, 0.29) is 29.4 Å². The summed E-state index contributed by atoms with van der Waals surface area (Å²) >= 11 is 0.